The largest absolute Gasteiger partial charge is 0.417 e. The third-order valence-electron chi connectivity index (χ3n) is 3.53. The van der Waals surface area contributed by atoms with Crippen molar-refractivity contribution in [3.63, 3.8) is 0 Å². The molecule has 3 aromatic rings. The van der Waals surface area contributed by atoms with Crippen molar-refractivity contribution in [1.82, 2.24) is 15.0 Å². The Balaban J connectivity index is 1.98. The zero-order chi connectivity index (χ0) is 19.4. The lowest BCUT2D eigenvalue weighted by molar-refractivity contribution is -0.137. The van der Waals surface area contributed by atoms with Crippen molar-refractivity contribution in [3.05, 3.63) is 59.2 Å². The van der Waals surface area contributed by atoms with Gasteiger partial charge in [-0.3, -0.25) is 4.98 Å². The fourth-order valence-electron chi connectivity index (χ4n) is 2.36. The van der Waals surface area contributed by atoms with Crippen LogP contribution in [0.15, 0.2) is 48.7 Å². The summed E-state index contributed by atoms with van der Waals surface area (Å²) in [5.41, 5.74) is 0.447. The molecular formula is C18H15ClF3N5. The van der Waals surface area contributed by atoms with Gasteiger partial charge in [0.2, 0.25) is 5.95 Å². The Morgan fingerprint density at radius 2 is 1.85 bits per heavy atom. The Kier molecular flexibility index (Phi) is 5.46. The zero-order valence-electron chi connectivity index (χ0n) is 14.2. The molecule has 0 aliphatic carbocycles. The summed E-state index contributed by atoms with van der Waals surface area (Å²) in [6.45, 7) is 2.48. The molecule has 5 nitrogen and oxygen atoms in total. The SMILES string of the molecule is CCNc1nc(Nc2ccc(Cl)c(C(F)(F)F)c2)cc(-c2ccccn2)n1. The highest BCUT2D eigenvalue weighted by Gasteiger charge is 2.33. The van der Waals surface area contributed by atoms with E-state index in [1.54, 1.807) is 24.4 Å². The van der Waals surface area contributed by atoms with Gasteiger partial charge < -0.3 is 10.6 Å². The van der Waals surface area contributed by atoms with Crippen LogP contribution in [0, 0.1) is 0 Å². The van der Waals surface area contributed by atoms with Crippen LogP contribution >= 0.6 is 11.6 Å². The van der Waals surface area contributed by atoms with Crippen molar-refractivity contribution >= 4 is 29.1 Å². The molecule has 0 radical (unpaired) electrons. The smallest absolute Gasteiger partial charge is 0.354 e. The number of nitrogens with one attached hydrogen (secondary N) is 2. The molecule has 140 valence electrons. The second-order valence-corrected chi connectivity index (χ2v) is 5.93. The van der Waals surface area contributed by atoms with Crippen LogP contribution in [-0.4, -0.2) is 21.5 Å². The number of anilines is 3. The van der Waals surface area contributed by atoms with Crippen LogP contribution in [-0.2, 0) is 6.18 Å². The van der Waals surface area contributed by atoms with E-state index in [1.165, 1.54) is 12.1 Å². The van der Waals surface area contributed by atoms with Gasteiger partial charge in [0.1, 0.15) is 5.82 Å². The first-order valence-electron chi connectivity index (χ1n) is 8.05. The van der Waals surface area contributed by atoms with Gasteiger partial charge in [0, 0.05) is 24.5 Å². The van der Waals surface area contributed by atoms with Crippen molar-refractivity contribution in [1.29, 1.82) is 0 Å². The van der Waals surface area contributed by atoms with Crippen LogP contribution < -0.4 is 10.6 Å². The Morgan fingerprint density at radius 3 is 2.52 bits per heavy atom. The van der Waals surface area contributed by atoms with Crippen molar-refractivity contribution in [3.8, 4) is 11.4 Å². The van der Waals surface area contributed by atoms with Crippen LogP contribution in [0.4, 0.5) is 30.6 Å². The fraction of sp³-hybridized carbons (Fsp3) is 0.167. The summed E-state index contributed by atoms with van der Waals surface area (Å²) in [6, 6.07) is 10.6. The van der Waals surface area contributed by atoms with Gasteiger partial charge in [-0.1, -0.05) is 17.7 Å². The Morgan fingerprint density at radius 1 is 1.04 bits per heavy atom. The van der Waals surface area contributed by atoms with Gasteiger partial charge in [-0.2, -0.15) is 18.2 Å². The Hall–Kier alpha value is -2.87. The molecule has 0 amide bonds. The molecule has 0 bridgehead atoms. The molecule has 3 rings (SSSR count). The molecule has 0 spiro atoms. The predicted octanol–water partition coefficient (Wildman–Crippen LogP) is 5.39. The molecule has 9 heteroatoms. The molecule has 27 heavy (non-hydrogen) atoms. The average Bonchev–Trinajstić information content (AvgIpc) is 2.63. The first-order chi connectivity index (χ1) is 12.9. The van der Waals surface area contributed by atoms with E-state index >= 15 is 0 Å². The van der Waals surface area contributed by atoms with Crippen LogP contribution in [0.1, 0.15) is 12.5 Å². The van der Waals surface area contributed by atoms with Crippen molar-refractivity contribution in [2.24, 2.45) is 0 Å². The van der Waals surface area contributed by atoms with Gasteiger partial charge in [-0.15, -0.1) is 0 Å². The lowest BCUT2D eigenvalue weighted by atomic mass is 10.2. The second-order valence-electron chi connectivity index (χ2n) is 5.52. The number of hydrogen-bond donors (Lipinski definition) is 2. The number of rotatable bonds is 5. The molecular weight excluding hydrogens is 379 g/mol. The van der Waals surface area contributed by atoms with E-state index in [9.17, 15) is 13.2 Å². The lowest BCUT2D eigenvalue weighted by Gasteiger charge is -2.13. The average molecular weight is 394 g/mol. The Labute approximate surface area is 158 Å². The second kappa shape index (κ2) is 7.79. The van der Waals surface area contributed by atoms with Crippen LogP contribution in [0.5, 0.6) is 0 Å². The predicted molar refractivity (Wildman–Crippen MR) is 99.2 cm³/mol. The van der Waals surface area contributed by atoms with Crippen molar-refractivity contribution < 1.29 is 13.2 Å². The number of pyridine rings is 1. The van der Waals surface area contributed by atoms with E-state index in [2.05, 4.69) is 25.6 Å². The number of aromatic nitrogens is 3. The van der Waals surface area contributed by atoms with E-state index in [0.717, 1.165) is 6.07 Å². The van der Waals surface area contributed by atoms with E-state index in [1.807, 2.05) is 13.0 Å². The minimum absolute atomic E-state index is 0.208. The summed E-state index contributed by atoms with van der Waals surface area (Å²) in [5.74, 6) is 0.671. The third-order valence-corrected chi connectivity index (χ3v) is 3.86. The minimum atomic E-state index is -4.55. The molecule has 2 aromatic heterocycles. The summed E-state index contributed by atoms with van der Waals surface area (Å²) in [7, 11) is 0. The summed E-state index contributed by atoms with van der Waals surface area (Å²) >= 11 is 5.66. The summed E-state index contributed by atoms with van der Waals surface area (Å²) < 4.78 is 39.2. The van der Waals surface area contributed by atoms with Crippen LogP contribution in [0.25, 0.3) is 11.4 Å². The standard InChI is InChI=1S/C18H15ClF3N5/c1-2-23-17-26-15(14-5-3-4-8-24-14)10-16(27-17)25-11-6-7-13(19)12(9-11)18(20,21)22/h3-10H,2H2,1H3,(H2,23,25,26,27). The number of alkyl halides is 3. The maximum absolute atomic E-state index is 13.1. The third kappa shape index (κ3) is 4.65. The molecule has 0 aliphatic rings. The molecule has 2 heterocycles. The topological polar surface area (TPSA) is 62.7 Å². The molecule has 1 aromatic carbocycles. The number of benzene rings is 1. The summed E-state index contributed by atoms with van der Waals surface area (Å²) in [5, 5.41) is 5.51. The van der Waals surface area contributed by atoms with Crippen molar-refractivity contribution in [2.45, 2.75) is 13.1 Å². The molecule has 0 fully saturated rings. The van der Waals surface area contributed by atoms with Crippen LogP contribution in [0.2, 0.25) is 5.02 Å². The highest BCUT2D eigenvalue weighted by molar-refractivity contribution is 6.31. The number of hydrogen-bond acceptors (Lipinski definition) is 5. The van der Waals surface area contributed by atoms with E-state index in [4.69, 9.17) is 11.6 Å². The van der Waals surface area contributed by atoms with Gasteiger partial charge in [0.25, 0.3) is 0 Å². The zero-order valence-corrected chi connectivity index (χ0v) is 14.9. The maximum Gasteiger partial charge on any atom is 0.417 e. The van der Waals surface area contributed by atoms with Gasteiger partial charge in [0.15, 0.2) is 0 Å². The maximum atomic E-state index is 13.1. The van der Waals surface area contributed by atoms with Gasteiger partial charge in [-0.05, 0) is 37.3 Å². The molecule has 0 saturated carbocycles. The van der Waals surface area contributed by atoms with E-state index in [0.29, 0.717) is 29.7 Å². The highest BCUT2D eigenvalue weighted by atomic mass is 35.5. The van der Waals surface area contributed by atoms with Crippen LogP contribution in [0.3, 0.4) is 0 Å². The summed E-state index contributed by atoms with van der Waals surface area (Å²) in [6.07, 6.45) is -2.92. The van der Waals surface area contributed by atoms with Crippen molar-refractivity contribution in [2.75, 3.05) is 17.2 Å². The van der Waals surface area contributed by atoms with Gasteiger partial charge in [-0.25, -0.2) is 4.98 Å². The van der Waals surface area contributed by atoms with Gasteiger partial charge >= 0.3 is 6.18 Å². The lowest BCUT2D eigenvalue weighted by Crippen LogP contribution is -2.08. The highest BCUT2D eigenvalue weighted by Crippen LogP contribution is 2.36. The number of nitrogens with zero attached hydrogens (tertiary/aromatic N) is 3. The molecule has 0 unspecified atom stereocenters. The molecule has 2 N–H and O–H groups in total. The Bertz CT molecular complexity index is 932. The molecule has 0 atom stereocenters. The van der Waals surface area contributed by atoms with E-state index in [-0.39, 0.29) is 10.7 Å². The molecule has 0 saturated heterocycles. The first-order valence-corrected chi connectivity index (χ1v) is 8.42. The monoisotopic (exact) mass is 393 g/mol. The first kappa shape index (κ1) is 18.9. The normalized spacial score (nSPS) is 11.3. The fourth-order valence-corrected chi connectivity index (χ4v) is 2.59. The summed E-state index contributed by atoms with van der Waals surface area (Å²) in [4.78, 5) is 12.9. The van der Waals surface area contributed by atoms with Gasteiger partial charge in [0.05, 0.1) is 22.0 Å². The van der Waals surface area contributed by atoms with E-state index < -0.39 is 11.7 Å². The quantitative estimate of drug-likeness (QED) is 0.608. The minimum Gasteiger partial charge on any atom is -0.354 e. The molecule has 0 aliphatic heterocycles. The number of halogens is 4.